The van der Waals surface area contributed by atoms with Gasteiger partial charge in [0.05, 0.1) is 0 Å². The zero-order chi connectivity index (χ0) is 13.8. The van der Waals surface area contributed by atoms with Crippen molar-refractivity contribution in [2.24, 2.45) is 0 Å². The van der Waals surface area contributed by atoms with E-state index in [1.165, 1.54) is 5.56 Å². The van der Waals surface area contributed by atoms with Crippen LogP contribution in [0.3, 0.4) is 0 Å². The van der Waals surface area contributed by atoms with E-state index in [1.54, 1.807) is 0 Å². The van der Waals surface area contributed by atoms with Gasteiger partial charge in [0.1, 0.15) is 6.04 Å². The van der Waals surface area contributed by atoms with Gasteiger partial charge in [0.2, 0.25) is 5.91 Å². The maximum atomic E-state index is 12.2. The van der Waals surface area contributed by atoms with Gasteiger partial charge >= 0.3 is 0 Å². The largest absolute Gasteiger partial charge is 0.350 e. The van der Waals surface area contributed by atoms with Crippen LogP contribution in [0.5, 0.6) is 0 Å². The van der Waals surface area contributed by atoms with E-state index in [0.717, 1.165) is 18.5 Å². The maximum Gasteiger partial charge on any atom is 0.242 e. The Morgan fingerprint density at radius 2 is 1.60 bits per heavy atom. The van der Waals surface area contributed by atoms with Crippen LogP contribution in [-0.2, 0) is 11.2 Å². The summed E-state index contributed by atoms with van der Waals surface area (Å²) in [4.78, 5) is 12.2. The number of carbonyl (C=O) groups excluding carboxylic acids is 1. The highest BCUT2D eigenvalue weighted by molar-refractivity contribution is 5.84. The van der Waals surface area contributed by atoms with Crippen molar-refractivity contribution in [3.8, 4) is 0 Å². The van der Waals surface area contributed by atoms with Crippen molar-refractivity contribution in [2.45, 2.75) is 18.5 Å². The Morgan fingerprint density at radius 3 is 2.25 bits per heavy atom. The third kappa shape index (κ3) is 2.89. The molecule has 0 aliphatic carbocycles. The third-order valence-electron chi connectivity index (χ3n) is 3.63. The summed E-state index contributed by atoms with van der Waals surface area (Å²) in [5, 5.41) is 6.46. The minimum absolute atomic E-state index is 0.0587. The Kier molecular flexibility index (Phi) is 3.79. The SMILES string of the molecule is O=C1N[C@H](Cc2ccccc2)CN[C@H]1c1ccccc1. The molecule has 1 aliphatic rings. The van der Waals surface area contributed by atoms with Crippen LogP contribution in [0.4, 0.5) is 0 Å². The molecule has 3 nitrogen and oxygen atoms in total. The van der Waals surface area contributed by atoms with E-state index in [2.05, 4.69) is 22.8 Å². The molecule has 3 rings (SSSR count). The Labute approximate surface area is 119 Å². The van der Waals surface area contributed by atoms with Crippen LogP contribution in [-0.4, -0.2) is 18.5 Å². The number of carbonyl (C=O) groups is 1. The number of benzene rings is 2. The fourth-order valence-corrected chi connectivity index (χ4v) is 2.62. The van der Waals surface area contributed by atoms with Gasteiger partial charge in [-0.05, 0) is 17.5 Å². The average Bonchev–Trinajstić information content (AvgIpc) is 2.49. The Balaban J connectivity index is 1.64. The van der Waals surface area contributed by atoms with E-state index in [0.29, 0.717) is 0 Å². The monoisotopic (exact) mass is 266 g/mol. The van der Waals surface area contributed by atoms with Gasteiger partial charge in [-0.25, -0.2) is 0 Å². The molecule has 0 aromatic heterocycles. The zero-order valence-electron chi connectivity index (χ0n) is 11.3. The molecule has 20 heavy (non-hydrogen) atoms. The maximum absolute atomic E-state index is 12.2. The predicted molar refractivity (Wildman–Crippen MR) is 79.3 cm³/mol. The minimum atomic E-state index is -0.233. The van der Waals surface area contributed by atoms with Gasteiger partial charge in [-0.3, -0.25) is 4.79 Å². The predicted octanol–water partition coefficient (Wildman–Crippen LogP) is 2.06. The second-order valence-electron chi connectivity index (χ2n) is 5.15. The van der Waals surface area contributed by atoms with Crippen molar-refractivity contribution in [2.75, 3.05) is 6.54 Å². The Hall–Kier alpha value is -2.13. The second-order valence-corrected chi connectivity index (χ2v) is 5.15. The number of amides is 1. The summed E-state index contributed by atoms with van der Waals surface area (Å²) < 4.78 is 0. The molecule has 1 fully saturated rings. The summed E-state index contributed by atoms with van der Waals surface area (Å²) in [6, 6.07) is 20.0. The van der Waals surface area contributed by atoms with Crippen molar-refractivity contribution in [3.05, 3.63) is 71.8 Å². The average molecular weight is 266 g/mol. The molecule has 1 saturated heterocycles. The molecule has 0 saturated carbocycles. The minimum Gasteiger partial charge on any atom is -0.350 e. The lowest BCUT2D eigenvalue weighted by Crippen LogP contribution is -2.54. The molecule has 2 aromatic carbocycles. The van der Waals surface area contributed by atoms with Gasteiger partial charge in [0.25, 0.3) is 0 Å². The molecule has 2 aromatic rings. The van der Waals surface area contributed by atoms with E-state index in [1.807, 2.05) is 48.5 Å². The Bertz CT molecular complexity index is 568. The molecule has 0 unspecified atom stereocenters. The first-order chi connectivity index (χ1) is 9.83. The third-order valence-corrected chi connectivity index (χ3v) is 3.63. The first-order valence-corrected chi connectivity index (χ1v) is 6.95. The van der Waals surface area contributed by atoms with Crippen LogP contribution in [0, 0.1) is 0 Å². The van der Waals surface area contributed by atoms with Crippen molar-refractivity contribution >= 4 is 5.91 Å². The fraction of sp³-hybridized carbons (Fsp3) is 0.235. The molecule has 1 aliphatic heterocycles. The van der Waals surface area contributed by atoms with Crippen molar-refractivity contribution in [1.82, 2.24) is 10.6 Å². The number of nitrogens with one attached hydrogen (secondary N) is 2. The van der Waals surface area contributed by atoms with E-state index in [-0.39, 0.29) is 18.0 Å². The van der Waals surface area contributed by atoms with Gasteiger partial charge in [0, 0.05) is 12.6 Å². The molecule has 1 heterocycles. The zero-order valence-corrected chi connectivity index (χ0v) is 11.3. The molecule has 3 heteroatoms. The molecule has 2 N–H and O–H groups in total. The quantitative estimate of drug-likeness (QED) is 0.893. The van der Waals surface area contributed by atoms with Crippen molar-refractivity contribution in [3.63, 3.8) is 0 Å². The molecular formula is C17H18N2O. The van der Waals surface area contributed by atoms with Crippen LogP contribution in [0.2, 0.25) is 0 Å². The topological polar surface area (TPSA) is 41.1 Å². The first kappa shape index (κ1) is 12.9. The summed E-state index contributed by atoms with van der Waals surface area (Å²) in [5.41, 5.74) is 2.26. The number of hydrogen-bond donors (Lipinski definition) is 2. The smallest absolute Gasteiger partial charge is 0.242 e. The highest BCUT2D eigenvalue weighted by atomic mass is 16.2. The lowest BCUT2D eigenvalue weighted by molar-refractivity contribution is -0.125. The standard InChI is InChI=1S/C17H18N2O/c20-17-16(14-9-5-2-6-10-14)18-12-15(19-17)11-13-7-3-1-4-8-13/h1-10,15-16,18H,11-12H2,(H,19,20)/t15-,16+/m1/s1. The fourth-order valence-electron chi connectivity index (χ4n) is 2.62. The molecule has 0 bridgehead atoms. The molecule has 0 spiro atoms. The van der Waals surface area contributed by atoms with E-state index in [9.17, 15) is 4.79 Å². The Morgan fingerprint density at radius 1 is 0.950 bits per heavy atom. The summed E-state index contributed by atoms with van der Waals surface area (Å²) in [6.07, 6.45) is 0.862. The molecule has 102 valence electrons. The summed E-state index contributed by atoms with van der Waals surface area (Å²) in [6.45, 7) is 0.792. The molecule has 1 amide bonds. The van der Waals surface area contributed by atoms with E-state index in [4.69, 9.17) is 0 Å². The van der Waals surface area contributed by atoms with Crippen LogP contribution in [0.1, 0.15) is 17.2 Å². The van der Waals surface area contributed by atoms with Crippen LogP contribution in [0.25, 0.3) is 0 Å². The van der Waals surface area contributed by atoms with Gasteiger partial charge in [-0.2, -0.15) is 0 Å². The van der Waals surface area contributed by atoms with Gasteiger partial charge in [-0.15, -0.1) is 0 Å². The number of rotatable bonds is 3. The van der Waals surface area contributed by atoms with Gasteiger partial charge in [0.15, 0.2) is 0 Å². The normalized spacial score (nSPS) is 22.3. The highest BCUT2D eigenvalue weighted by Gasteiger charge is 2.28. The van der Waals surface area contributed by atoms with Crippen LogP contribution in [0.15, 0.2) is 60.7 Å². The summed E-state index contributed by atoms with van der Waals surface area (Å²) >= 11 is 0. The molecular weight excluding hydrogens is 248 g/mol. The lowest BCUT2D eigenvalue weighted by Gasteiger charge is -2.30. The first-order valence-electron chi connectivity index (χ1n) is 6.95. The van der Waals surface area contributed by atoms with Crippen LogP contribution < -0.4 is 10.6 Å². The van der Waals surface area contributed by atoms with Gasteiger partial charge < -0.3 is 10.6 Å². The molecule has 2 atom stereocenters. The number of piperazine rings is 1. The summed E-state index contributed by atoms with van der Waals surface area (Å²) in [5.74, 6) is 0.0587. The van der Waals surface area contributed by atoms with Gasteiger partial charge in [-0.1, -0.05) is 60.7 Å². The van der Waals surface area contributed by atoms with E-state index < -0.39 is 0 Å². The second kappa shape index (κ2) is 5.88. The van der Waals surface area contributed by atoms with E-state index >= 15 is 0 Å². The highest BCUT2D eigenvalue weighted by Crippen LogP contribution is 2.16. The number of hydrogen-bond acceptors (Lipinski definition) is 2. The molecule has 0 radical (unpaired) electrons. The summed E-state index contributed by atoms with van der Waals surface area (Å²) in [7, 11) is 0. The van der Waals surface area contributed by atoms with Crippen molar-refractivity contribution < 1.29 is 4.79 Å². The van der Waals surface area contributed by atoms with Crippen molar-refractivity contribution in [1.29, 1.82) is 0 Å². The van der Waals surface area contributed by atoms with Crippen LogP contribution >= 0.6 is 0 Å². The lowest BCUT2D eigenvalue weighted by atomic mass is 9.99.